The Morgan fingerprint density at radius 3 is 2.76 bits per heavy atom. The zero-order valence-electron chi connectivity index (χ0n) is 18.5. The Labute approximate surface area is 210 Å². The molecule has 11 heteroatoms. The number of hydrogen-bond donors (Lipinski definition) is 5. The first-order valence-electron chi connectivity index (χ1n) is 10.9. The number of halogens is 1. The maximum absolute atomic E-state index is 11.6. The fourth-order valence-electron chi connectivity index (χ4n) is 3.49. The number of thiazole rings is 1. The lowest BCUT2D eigenvalue weighted by Gasteiger charge is -2.19. The maximum atomic E-state index is 11.6. The summed E-state index contributed by atoms with van der Waals surface area (Å²) < 4.78 is 0.562. The number of rotatable bonds is 13. The molecule has 0 bridgehead atoms. The number of aliphatic hydroxyl groups is 1. The average Bonchev–Trinajstić information content (AvgIpc) is 3.20. The van der Waals surface area contributed by atoms with Gasteiger partial charge in [0.2, 0.25) is 0 Å². The van der Waals surface area contributed by atoms with E-state index >= 15 is 0 Å². The molecule has 2 aromatic carbocycles. The van der Waals surface area contributed by atoms with Gasteiger partial charge in [0.25, 0.3) is 0 Å². The van der Waals surface area contributed by atoms with Gasteiger partial charge in [-0.25, -0.2) is 4.79 Å². The van der Waals surface area contributed by atoms with Gasteiger partial charge in [-0.3, -0.25) is 4.79 Å². The second-order valence-electron chi connectivity index (χ2n) is 7.69. The van der Waals surface area contributed by atoms with Gasteiger partial charge in [-0.15, -0.1) is 0 Å². The van der Waals surface area contributed by atoms with E-state index in [1.165, 1.54) is 11.0 Å². The lowest BCUT2D eigenvalue weighted by Crippen LogP contribution is -2.33. The molecule has 1 atom stereocenters. The van der Waals surface area contributed by atoms with Gasteiger partial charge in [-0.1, -0.05) is 47.2 Å². The van der Waals surface area contributed by atoms with Crippen LogP contribution in [0.2, 0.25) is 5.02 Å². The molecule has 34 heavy (non-hydrogen) atoms. The summed E-state index contributed by atoms with van der Waals surface area (Å²) >= 11 is 8.80. The van der Waals surface area contributed by atoms with Gasteiger partial charge < -0.3 is 30.5 Å². The number of nitrogens with one attached hydrogen (secondary N) is 2. The van der Waals surface area contributed by atoms with E-state index in [1.807, 2.05) is 18.2 Å². The predicted octanol–water partition coefficient (Wildman–Crippen LogP) is 3.92. The third-order valence-corrected chi connectivity index (χ3v) is 7.66. The Morgan fingerprint density at radius 1 is 1.21 bits per heavy atom. The summed E-state index contributed by atoms with van der Waals surface area (Å²) in [6.07, 6.45) is -0.286. The minimum Gasteiger partial charge on any atom is -0.506 e. The zero-order valence-corrected chi connectivity index (χ0v) is 20.9. The maximum Gasteiger partial charge on any atom is 0.407 e. The minimum atomic E-state index is -0.931. The minimum absolute atomic E-state index is 0.0142. The molecule has 0 aliphatic carbocycles. The largest absolute Gasteiger partial charge is 0.506 e. The number of aromatic amines is 1. The van der Waals surface area contributed by atoms with Crippen LogP contribution in [0, 0.1) is 0 Å². The van der Waals surface area contributed by atoms with Crippen molar-refractivity contribution >= 4 is 51.0 Å². The van der Waals surface area contributed by atoms with E-state index in [0.29, 0.717) is 59.2 Å². The van der Waals surface area contributed by atoms with E-state index in [-0.39, 0.29) is 10.6 Å². The van der Waals surface area contributed by atoms with Crippen LogP contribution in [0.25, 0.3) is 10.2 Å². The molecule has 0 unspecified atom stereocenters. The van der Waals surface area contributed by atoms with Crippen molar-refractivity contribution in [1.82, 2.24) is 15.2 Å². The van der Waals surface area contributed by atoms with E-state index in [9.17, 15) is 24.9 Å². The van der Waals surface area contributed by atoms with E-state index < -0.39 is 12.2 Å². The third kappa shape index (κ3) is 7.38. The number of H-pyrrole nitrogens is 1. The summed E-state index contributed by atoms with van der Waals surface area (Å²) in [6.45, 7) is 1.88. The summed E-state index contributed by atoms with van der Waals surface area (Å²) in [7, 11) is 0. The molecule has 3 aromatic rings. The van der Waals surface area contributed by atoms with Crippen LogP contribution in [0.3, 0.4) is 0 Å². The van der Waals surface area contributed by atoms with Crippen molar-refractivity contribution in [2.45, 2.75) is 18.9 Å². The summed E-state index contributed by atoms with van der Waals surface area (Å²) in [5.74, 6) is 1.55. The molecule has 3 rings (SSSR count). The van der Waals surface area contributed by atoms with Crippen LogP contribution < -0.4 is 10.2 Å². The van der Waals surface area contributed by atoms with Crippen LogP contribution in [0.1, 0.15) is 23.7 Å². The van der Waals surface area contributed by atoms with Crippen molar-refractivity contribution < 1.29 is 20.1 Å². The predicted molar refractivity (Wildman–Crippen MR) is 139 cm³/mol. The van der Waals surface area contributed by atoms with E-state index in [2.05, 4.69) is 10.3 Å². The van der Waals surface area contributed by atoms with Crippen molar-refractivity contribution in [2.75, 3.05) is 37.7 Å². The van der Waals surface area contributed by atoms with Crippen LogP contribution in [0.4, 0.5) is 4.79 Å². The lowest BCUT2D eigenvalue weighted by atomic mass is 10.1. The Hall–Kier alpha value is -2.24. The van der Waals surface area contributed by atoms with Gasteiger partial charge in [0.05, 0.1) is 10.8 Å². The van der Waals surface area contributed by atoms with Crippen LogP contribution in [-0.2, 0) is 6.42 Å². The molecule has 5 N–H and O–H groups in total. The standard InChI is InChI=1S/C23H28ClN3O5S2/c24-17-5-2-1-4-15(17)8-10-27(23(31)32)11-13-33-12-3-9-25-14-19(29)16-6-7-18(28)20-21(16)34-22(30)26-20/h1-2,4-7,19,25,28-29H,3,8-14H2,(H,26,30)(H,31,32)/t19-/m1/s1. The number of phenolic OH excluding ortho intramolecular Hbond substituents is 1. The number of amides is 1. The second kappa shape index (κ2) is 13.0. The van der Waals surface area contributed by atoms with Crippen LogP contribution in [0.15, 0.2) is 41.2 Å². The van der Waals surface area contributed by atoms with Crippen molar-refractivity contribution in [2.24, 2.45) is 0 Å². The molecule has 0 saturated carbocycles. The number of benzene rings is 2. The number of hydrogen-bond acceptors (Lipinski definition) is 7. The normalized spacial score (nSPS) is 12.2. The molecule has 0 aliphatic heterocycles. The smallest absolute Gasteiger partial charge is 0.407 e. The van der Waals surface area contributed by atoms with Crippen LogP contribution in [-0.4, -0.2) is 69.0 Å². The second-order valence-corrected chi connectivity index (χ2v) is 10.3. The van der Waals surface area contributed by atoms with Crippen molar-refractivity contribution in [3.63, 3.8) is 0 Å². The summed E-state index contributed by atoms with van der Waals surface area (Å²) in [4.78, 5) is 26.8. The van der Waals surface area contributed by atoms with Gasteiger partial charge in [-0.2, -0.15) is 11.8 Å². The Morgan fingerprint density at radius 2 is 2.00 bits per heavy atom. The molecular weight excluding hydrogens is 498 g/mol. The molecule has 0 saturated heterocycles. The summed E-state index contributed by atoms with van der Waals surface area (Å²) in [5, 5.41) is 33.7. The number of carbonyl (C=O) groups is 1. The molecule has 0 spiro atoms. The topological polar surface area (TPSA) is 126 Å². The molecule has 8 nitrogen and oxygen atoms in total. The Bertz CT molecular complexity index is 1150. The van der Waals surface area contributed by atoms with E-state index in [1.54, 1.807) is 23.9 Å². The van der Waals surface area contributed by atoms with Gasteiger partial charge in [0.15, 0.2) is 0 Å². The molecule has 0 fully saturated rings. The highest BCUT2D eigenvalue weighted by atomic mass is 35.5. The van der Waals surface area contributed by atoms with Gasteiger partial charge >= 0.3 is 11.0 Å². The number of nitrogens with zero attached hydrogens (tertiary/aromatic N) is 1. The molecule has 0 radical (unpaired) electrons. The molecular formula is C23H28ClN3O5S2. The summed E-state index contributed by atoms with van der Waals surface area (Å²) in [5.41, 5.74) is 1.89. The van der Waals surface area contributed by atoms with Crippen molar-refractivity contribution in [3.05, 3.63) is 62.2 Å². The van der Waals surface area contributed by atoms with Crippen LogP contribution in [0.5, 0.6) is 5.75 Å². The van der Waals surface area contributed by atoms with Gasteiger partial charge in [0, 0.05) is 36.0 Å². The van der Waals surface area contributed by atoms with Crippen LogP contribution >= 0.6 is 34.7 Å². The highest BCUT2D eigenvalue weighted by Gasteiger charge is 2.16. The number of aromatic hydroxyl groups is 1. The Kier molecular flexibility index (Phi) is 10.1. The zero-order chi connectivity index (χ0) is 24.5. The number of aromatic nitrogens is 1. The summed E-state index contributed by atoms with van der Waals surface area (Å²) in [6, 6.07) is 10.6. The number of aliphatic hydroxyl groups excluding tert-OH is 1. The molecule has 1 heterocycles. The lowest BCUT2D eigenvalue weighted by molar-refractivity contribution is 0.148. The number of thioether (sulfide) groups is 1. The van der Waals surface area contributed by atoms with Gasteiger partial charge in [0.1, 0.15) is 11.3 Å². The van der Waals surface area contributed by atoms with Crippen molar-refractivity contribution in [1.29, 1.82) is 0 Å². The number of phenols is 1. The monoisotopic (exact) mass is 525 g/mol. The fraction of sp³-hybridized carbons (Fsp3) is 0.391. The fourth-order valence-corrected chi connectivity index (χ4v) is 5.54. The average molecular weight is 526 g/mol. The SMILES string of the molecule is O=C(O)N(CCSCCCNC[C@@H](O)c1ccc(O)c2[nH]c(=O)sc12)CCc1ccccc1Cl. The highest BCUT2D eigenvalue weighted by molar-refractivity contribution is 7.99. The van der Waals surface area contributed by atoms with E-state index in [0.717, 1.165) is 29.1 Å². The van der Waals surface area contributed by atoms with Gasteiger partial charge in [-0.05, 0) is 42.8 Å². The van der Waals surface area contributed by atoms with E-state index in [4.69, 9.17) is 11.6 Å². The molecule has 184 valence electrons. The van der Waals surface area contributed by atoms with Crippen molar-refractivity contribution in [3.8, 4) is 5.75 Å². The first kappa shape index (κ1) is 26.4. The Balaban J connectivity index is 1.32. The highest BCUT2D eigenvalue weighted by Crippen LogP contribution is 2.31. The first-order valence-corrected chi connectivity index (χ1v) is 13.2. The molecule has 0 aliphatic rings. The number of carboxylic acid groups (broad SMARTS) is 1. The number of fused-ring (bicyclic) bond motifs is 1. The third-order valence-electron chi connectivity index (χ3n) is 5.31. The molecule has 1 amide bonds. The first-order chi connectivity index (χ1) is 16.4. The molecule has 1 aromatic heterocycles. The quantitative estimate of drug-likeness (QED) is 0.214.